The molecule has 0 radical (unpaired) electrons. The molecule has 1 aromatic carbocycles. The molecule has 0 spiro atoms. The van der Waals surface area contributed by atoms with E-state index in [1.807, 2.05) is 0 Å². The Labute approximate surface area is 88.4 Å². The van der Waals surface area contributed by atoms with Crippen molar-refractivity contribution in [1.82, 2.24) is 0 Å². The van der Waals surface area contributed by atoms with Crippen molar-refractivity contribution in [3.8, 4) is 5.75 Å². The molecule has 0 heterocycles. The van der Waals surface area contributed by atoms with Crippen molar-refractivity contribution in [1.29, 1.82) is 0 Å². The fourth-order valence-electron chi connectivity index (χ4n) is 0.925. The Morgan fingerprint density at radius 1 is 1.27 bits per heavy atom. The first-order valence-electron chi connectivity index (χ1n) is 4.19. The summed E-state index contributed by atoms with van der Waals surface area (Å²) in [5.74, 6) is 0.441. The molecule has 0 aliphatic rings. The fraction of sp³-hybridized carbons (Fsp3) is 0.333. The Morgan fingerprint density at radius 3 is 2.20 bits per heavy atom. The molecule has 1 rings (SSSR count). The van der Waals surface area contributed by atoms with Gasteiger partial charge in [0.05, 0.1) is 4.90 Å². The Morgan fingerprint density at radius 2 is 1.80 bits per heavy atom. The van der Waals surface area contributed by atoms with Crippen LogP contribution < -0.4 is 4.74 Å². The SMILES string of the molecule is COC(C)Oc1ccc(S(=O)(=O)[O-])cc1. The summed E-state index contributed by atoms with van der Waals surface area (Å²) in [6.45, 7) is 1.69. The van der Waals surface area contributed by atoms with E-state index in [-0.39, 0.29) is 4.90 Å². The molecule has 15 heavy (non-hydrogen) atoms. The predicted molar refractivity (Wildman–Crippen MR) is 51.5 cm³/mol. The summed E-state index contributed by atoms with van der Waals surface area (Å²) in [4.78, 5) is -0.278. The highest BCUT2D eigenvalue weighted by Crippen LogP contribution is 2.16. The van der Waals surface area contributed by atoms with Crippen molar-refractivity contribution < 1.29 is 22.4 Å². The Balaban J connectivity index is 2.82. The van der Waals surface area contributed by atoms with Gasteiger partial charge in [-0.3, -0.25) is 0 Å². The number of methoxy groups -OCH3 is 1. The van der Waals surface area contributed by atoms with Gasteiger partial charge in [0.1, 0.15) is 15.9 Å². The summed E-state index contributed by atoms with van der Waals surface area (Å²) in [6.07, 6.45) is -0.431. The zero-order valence-electron chi connectivity index (χ0n) is 8.34. The summed E-state index contributed by atoms with van der Waals surface area (Å²) >= 11 is 0. The van der Waals surface area contributed by atoms with Gasteiger partial charge in [0, 0.05) is 7.11 Å². The molecule has 0 bridgehead atoms. The van der Waals surface area contributed by atoms with E-state index in [4.69, 9.17) is 9.47 Å². The molecule has 84 valence electrons. The third-order valence-electron chi connectivity index (χ3n) is 1.75. The molecule has 0 saturated heterocycles. The predicted octanol–water partition coefficient (Wildman–Crippen LogP) is 0.962. The topological polar surface area (TPSA) is 75.7 Å². The van der Waals surface area contributed by atoms with Crippen molar-refractivity contribution >= 4 is 10.1 Å². The normalized spacial score (nSPS) is 13.5. The molecular formula is C9H11O5S-. The maximum atomic E-state index is 10.6. The van der Waals surface area contributed by atoms with Crippen molar-refractivity contribution in [2.24, 2.45) is 0 Å². The maximum absolute atomic E-state index is 10.6. The number of rotatable bonds is 4. The van der Waals surface area contributed by atoms with Crippen LogP contribution >= 0.6 is 0 Å². The fourth-order valence-corrected chi connectivity index (χ4v) is 1.39. The second-order valence-corrected chi connectivity index (χ2v) is 4.23. The number of ether oxygens (including phenoxy) is 2. The van der Waals surface area contributed by atoms with Gasteiger partial charge in [0.2, 0.25) is 0 Å². The minimum Gasteiger partial charge on any atom is -0.744 e. The van der Waals surface area contributed by atoms with Crippen LogP contribution in [-0.2, 0) is 14.9 Å². The summed E-state index contributed by atoms with van der Waals surface area (Å²) in [7, 11) is -2.90. The lowest BCUT2D eigenvalue weighted by Crippen LogP contribution is -2.13. The first-order valence-corrected chi connectivity index (χ1v) is 5.59. The summed E-state index contributed by atoms with van der Waals surface area (Å²) in [5.41, 5.74) is 0. The van der Waals surface area contributed by atoms with Crippen LogP contribution in [0.1, 0.15) is 6.92 Å². The van der Waals surface area contributed by atoms with Crippen LogP contribution in [0.2, 0.25) is 0 Å². The maximum Gasteiger partial charge on any atom is 0.196 e. The third-order valence-corrected chi connectivity index (χ3v) is 2.60. The van der Waals surface area contributed by atoms with Crippen LogP contribution in [0.4, 0.5) is 0 Å². The van der Waals surface area contributed by atoms with E-state index in [0.29, 0.717) is 5.75 Å². The highest BCUT2D eigenvalue weighted by molar-refractivity contribution is 7.85. The second-order valence-electron chi connectivity index (χ2n) is 2.85. The van der Waals surface area contributed by atoms with Gasteiger partial charge in [-0.25, -0.2) is 8.42 Å². The minimum atomic E-state index is -4.39. The van der Waals surface area contributed by atoms with Crippen LogP contribution in [0, 0.1) is 0 Å². The second kappa shape index (κ2) is 4.61. The number of benzene rings is 1. The van der Waals surface area contributed by atoms with E-state index in [1.165, 1.54) is 31.4 Å². The highest BCUT2D eigenvalue weighted by atomic mass is 32.2. The van der Waals surface area contributed by atoms with E-state index >= 15 is 0 Å². The van der Waals surface area contributed by atoms with Gasteiger partial charge < -0.3 is 14.0 Å². The summed E-state index contributed by atoms with van der Waals surface area (Å²) in [5, 5.41) is 0. The molecule has 0 aliphatic carbocycles. The Bertz CT molecular complexity index is 409. The van der Waals surface area contributed by atoms with Gasteiger partial charge in [-0.2, -0.15) is 0 Å². The van der Waals surface area contributed by atoms with Crippen molar-refractivity contribution in [3.63, 3.8) is 0 Å². The summed E-state index contributed by atoms with van der Waals surface area (Å²) in [6, 6.07) is 5.20. The Hall–Kier alpha value is -1.11. The van der Waals surface area contributed by atoms with Crippen LogP contribution in [0.25, 0.3) is 0 Å². The lowest BCUT2D eigenvalue weighted by molar-refractivity contribution is -0.0383. The standard InChI is InChI=1S/C9H12O5S/c1-7(13-2)14-8-3-5-9(6-4-8)15(10,11)12/h3-7H,1-2H3,(H,10,11,12)/p-1. The summed E-state index contributed by atoms with van der Waals surface area (Å²) < 4.78 is 41.9. The minimum absolute atomic E-state index is 0.278. The van der Waals surface area contributed by atoms with Crippen molar-refractivity contribution in [2.45, 2.75) is 18.1 Å². The smallest absolute Gasteiger partial charge is 0.196 e. The molecule has 0 amide bonds. The zero-order valence-corrected chi connectivity index (χ0v) is 9.15. The van der Waals surface area contributed by atoms with Crippen molar-refractivity contribution in [3.05, 3.63) is 24.3 Å². The van der Waals surface area contributed by atoms with E-state index in [0.717, 1.165) is 0 Å². The van der Waals surface area contributed by atoms with Crippen LogP contribution in [-0.4, -0.2) is 26.4 Å². The average Bonchev–Trinajstić information content (AvgIpc) is 2.17. The van der Waals surface area contributed by atoms with Crippen LogP contribution in [0.5, 0.6) is 5.75 Å². The van der Waals surface area contributed by atoms with E-state index in [9.17, 15) is 13.0 Å². The zero-order chi connectivity index (χ0) is 11.5. The van der Waals surface area contributed by atoms with Gasteiger partial charge in [0.25, 0.3) is 0 Å². The molecule has 1 atom stereocenters. The molecule has 0 fully saturated rings. The molecular weight excluding hydrogens is 220 g/mol. The van der Waals surface area contributed by atoms with E-state index in [2.05, 4.69) is 0 Å². The monoisotopic (exact) mass is 231 g/mol. The lowest BCUT2D eigenvalue weighted by Gasteiger charge is -2.13. The van der Waals surface area contributed by atoms with Gasteiger partial charge >= 0.3 is 0 Å². The van der Waals surface area contributed by atoms with Gasteiger partial charge in [-0.15, -0.1) is 0 Å². The van der Waals surface area contributed by atoms with Gasteiger partial charge in [-0.1, -0.05) is 0 Å². The first-order chi connectivity index (χ1) is 6.93. The van der Waals surface area contributed by atoms with E-state index < -0.39 is 16.4 Å². The molecule has 0 N–H and O–H groups in total. The molecule has 0 aliphatic heterocycles. The van der Waals surface area contributed by atoms with Crippen LogP contribution in [0.3, 0.4) is 0 Å². The highest BCUT2D eigenvalue weighted by Gasteiger charge is 2.03. The quantitative estimate of drug-likeness (QED) is 0.570. The molecule has 6 heteroatoms. The molecule has 5 nitrogen and oxygen atoms in total. The number of hydrogen-bond acceptors (Lipinski definition) is 5. The average molecular weight is 231 g/mol. The largest absolute Gasteiger partial charge is 0.744 e. The lowest BCUT2D eigenvalue weighted by atomic mass is 10.3. The third kappa shape index (κ3) is 3.50. The van der Waals surface area contributed by atoms with Gasteiger partial charge in [-0.05, 0) is 31.2 Å². The number of hydrogen-bond donors (Lipinski definition) is 0. The van der Waals surface area contributed by atoms with Crippen LogP contribution in [0.15, 0.2) is 29.2 Å². The first kappa shape index (κ1) is 12.0. The molecule has 1 aromatic rings. The molecule has 0 aromatic heterocycles. The Kier molecular flexibility index (Phi) is 3.67. The van der Waals surface area contributed by atoms with E-state index in [1.54, 1.807) is 6.92 Å². The molecule has 0 saturated carbocycles. The molecule has 1 unspecified atom stereocenters. The van der Waals surface area contributed by atoms with Gasteiger partial charge in [0.15, 0.2) is 6.29 Å². The van der Waals surface area contributed by atoms with Crippen molar-refractivity contribution in [2.75, 3.05) is 7.11 Å².